The first-order valence-corrected chi connectivity index (χ1v) is 6.10. The van der Waals surface area contributed by atoms with Crippen molar-refractivity contribution < 1.29 is 19.4 Å². The average molecular weight is 258 g/mol. The Morgan fingerprint density at radius 1 is 1.50 bits per heavy atom. The number of aliphatic carboxylic acids is 1. The number of likely N-dealkylation sites (tertiary alicyclic amines) is 1. The lowest BCUT2D eigenvalue weighted by Crippen LogP contribution is -2.55. The van der Waals surface area contributed by atoms with Crippen LogP contribution in [0.1, 0.15) is 34.1 Å². The predicted molar refractivity (Wildman–Crippen MR) is 66.1 cm³/mol. The fourth-order valence-electron chi connectivity index (χ4n) is 2.14. The van der Waals surface area contributed by atoms with Gasteiger partial charge in [-0.2, -0.15) is 0 Å². The maximum Gasteiger partial charge on any atom is 0.410 e. The zero-order valence-electron chi connectivity index (χ0n) is 11.4. The molecule has 0 aromatic heterocycles. The molecule has 0 spiro atoms. The summed E-state index contributed by atoms with van der Waals surface area (Å²) in [5.41, 5.74) is 3.93. The van der Waals surface area contributed by atoms with Gasteiger partial charge in [0.2, 0.25) is 0 Å². The number of carboxylic acid groups (broad SMARTS) is 1. The molecule has 1 rings (SSSR count). The average Bonchev–Trinajstić information content (AvgIpc) is 2.54. The summed E-state index contributed by atoms with van der Waals surface area (Å²) in [4.78, 5) is 24.5. The van der Waals surface area contributed by atoms with Gasteiger partial charge in [-0.25, -0.2) is 4.79 Å². The largest absolute Gasteiger partial charge is 0.480 e. The van der Waals surface area contributed by atoms with Crippen LogP contribution in [-0.2, 0) is 9.53 Å². The number of ether oxygens (including phenoxy) is 1. The number of nitrogens with zero attached hydrogens (tertiary/aromatic N) is 1. The molecule has 0 aliphatic carbocycles. The number of carbonyl (C=O) groups is 2. The molecule has 0 aromatic rings. The molecule has 1 saturated heterocycles. The van der Waals surface area contributed by atoms with Crippen molar-refractivity contribution in [1.29, 1.82) is 0 Å². The van der Waals surface area contributed by atoms with E-state index in [4.69, 9.17) is 10.5 Å². The smallest absolute Gasteiger partial charge is 0.410 e. The van der Waals surface area contributed by atoms with Crippen LogP contribution in [0.25, 0.3) is 0 Å². The summed E-state index contributed by atoms with van der Waals surface area (Å²) in [6.45, 7) is 7.50. The molecule has 3 N–H and O–H groups in total. The lowest BCUT2D eigenvalue weighted by molar-refractivity contribution is -0.144. The van der Waals surface area contributed by atoms with E-state index in [1.807, 2.05) is 6.92 Å². The Balaban J connectivity index is 2.79. The highest BCUT2D eigenvalue weighted by Crippen LogP contribution is 2.29. The van der Waals surface area contributed by atoms with Crippen molar-refractivity contribution in [1.82, 2.24) is 4.90 Å². The Hall–Kier alpha value is -1.30. The van der Waals surface area contributed by atoms with Crippen LogP contribution in [0.5, 0.6) is 0 Å². The van der Waals surface area contributed by atoms with Gasteiger partial charge >= 0.3 is 12.1 Å². The molecule has 0 aromatic carbocycles. The van der Waals surface area contributed by atoms with Crippen LogP contribution in [0.15, 0.2) is 0 Å². The first kappa shape index (κ1) is 14.8. The molecule has 1 aliphatic rings. The van der Waals surface area contributed by atoms with Crippen molar-refractivity contribution in [3.05, 3.63) is 0 Å². The Morgan fingerprint density at radius 2 is 2.06 bits per heavy atom. The number of carboxylic acids is 1. The molecule has 1 heterocycles. The predicted octanol–water partition coefficient (Wildman–Crippen LogP) is 1.05. The van der Waals surface area contributed by atoms with Gasteiger partial charge in [-0.05, 0) is 27.2 Å². The number of amides is 1. The Morgan fingerprint density at radius 3 is 2.39 bits per heavy atom. The Labute approximate surface area is 107 Å². The van der Waals surface area contributed by atoms with Gasteiger partial charge in [0.15, 0.2) is 0 Å². The maximum absolute atomic E-state index is 11.9. The Kier molecular flexibility index (Phi) is 3.90. The van der Waals surface area contributed by atoms with Crippen molar-refractivity contribution in [2.24, 2.45) is 11.7 Å². The standard InChI is InChI=1S/C12H22N2O4/c1-5-8-6-14(7-12(8,13)9(15)16)10(17)18-11(2,3)4/h8H,5-7,13H2,1-4H3,(H,15,16)/t8?,12-/m0/s1. The number of carbonyl (C=O) groups excluding carboxylic acids is 1. The number of hydrogen-bond donors (Lipinski definition) is 2. The van der Waals surface area contributed by atoms with Gasteiger partial charge in [0.1, 0.15) is 11.1 Å². The van der Waals surface area contributed by atoms with E-state index in [1.54, 1.807) is 20.8 Å². The molecule has 18 heavy (non-hydrogen) atoms. The van der Waals surface area contributed by atoms with E-state index >= 15 is 0 Å². The summed E-state index contributed by atoms with van der Waals surface area (Å²) in [6.07, 6.45) is 0.108. The SMILES string of the molecule is CCC1CN(C(=O)OC(C)(C)C)C[C@@]1(N)C(=O)O. The molecular formula is C12H22N2O4. The second-order valence-electron chi connectivity index (χ2n) is 5.81. The molecule has 0 radical (unpaired) electrons. The number of hydrogen-bond acceptors (Lipinski definition) is 4. The molecular weight excluding hydrogens is 236 g/mol. The first-order chi connectivity index (χ1) is 8.10. The van der Waals surface area contributed by atoms with E-state index in [1.165, 1.54) is 4.90 Å². The van der Waals surface area contributed by atoms with E-state index in [0.717, 1.165) is 0 Å². The van der Waals surface area contributed by atoms with Gasteiger partial charge in [0.25, 0.3) is 0 Å². The highest BCUT2D eigenvalue weighted by molar-refractivity contribution is 5.82. The van der Waals surface area contributed by atoms with E-state index in [2.05, 4.69) is 0 Å². The minimum Gasteiger partial charge on any atom is -0.480 e. The summed E-state index contributed by atoms with van der Waals surface area (Å²) >= 11 is 0. The van der Waals surface area contributed by atoms with E-state index < -0.39 is 23.2 Å². The lowest BCUT2D eigenvalue weighted by Gasteiger charge is -2.25. The van der Waals surface area contributed by atoms with Crippen LogP contribution in [0.3, 0.4) is 0 Å². The van der Waals surface area contributed by atoms with E-state index in [9.17, 15) is 14.7 Å². The molecule has 1 unspecified atom stereocenters. The summed E-state index contributed by atoms with van der Waals surface area (Å²) < 4.78 is 5.23. The van der Waals surface area contributed by atoms with Crippen LogP contribution in [-0.4, -0.2) is 46.3 Å². The van der Waals surface area contributed by atoms with Crippen molar-refractivity contribution in [3.63, 3.8) is 0 Å². The van der Waals surface area contributed by atoms with Crippen molar-refractivity contribution >= 4 is 12.1 Å². The highest BCUT2D eigenvalue weighted by atomic mass is 16.6. The lowest BCUT2D eigenvalue weighted by atomic mass is 9.86. The molecule has 1 fully saturated rings. The van der Waals surface area contributed by atoms with E-state index in [0.29, 0.717) is 13.0 Å². The van der Waals surface area contributed by atoms with Gasteiger partial charge in [-0.15, -0.1) is 0 Å². The summed E-state index contributed by atoms with van der Waals surface area (Å²) in [7, 11) is 0. The minimum absolute atomic E-state index is 0.00421. The third-order valence-electron chi connectivity index (χ3n) is 3.16. The zero-order valence-corrected chi connectivity index (χ0v) is 11.4. The van der Waals surface area contributed by atoms with Crippen LogP contribution in [0, 0.1) is 5.92 Å². The van der Waals surface area contributed by atoms with Crippen LogP contribution in [0.2, 0.25) is 0 Å². The van der Waals surface area contributed by atoms with Gasteiger partial charge in [0.05, 0.1) is 6.54 Å². The van der Waals surface area contributed by atoms with Gasteiger partial charge in [0, 0.05) is 12.5 Å². The highest BCUT2D eigenvalue weighted by Gasteiger charge is 2.50. The molecule has 0 saturated carbocycles. The fraction of sp³-hybridized carbons (Fsp3) is 0.833. The third-order valence-corrected chi connectivity index (χ3v) is 3.16. The first-order valence-electron chi connectivity index (χ1n) is 6.10. The van der Waals surface area contributed by atoms with Crippen LogP contribution in [0.4, 0.5) is 4.79 Å². The van der Waals surface area contributed by atoms with Crippen LogP contribution < -0.4 is 5.73 Å². The topological polar surface area (TPSA) is 92.9 Å². The van der Waals surface area contributed by atoms with Gasteiger partial charge in [-0.3, -0.25) is 4.79 Å². The number of nitrogens with two attached hydrogens (primary N) is 1. The monoisotopic (exact) mass is 258 g/mol. The molecule has 2 atom stereocenters. The van der Waals surface area contributed by atoms with Crippen molar-refractivity contribution in [3.8, 4) is 0 Å². The summed E-state index contributed by atoms with van der Waals surface area (Å²) in [6, 6.07) is 0. The summed E-state index contributed by atoms with van der Waals surface area (Å²) in [5, 5.41) is 9.20. The molecule has 104 valence electrons. The summed E-state index contributed by atoms with van der Waals surface area (Å²) in [5.74, 6) is -1.32. The number of rotatable bonds is 2. The second kappa shape index (κ2) is 4.76. The van der Waals surface area contributed by atoms with Gasteiger partial charge < -0.3 is 20.5 Å². The second-order valence-corrected chi connectivity index (χ2v) is 5.81. The maximum atomic E-state index is 11.9. The Bertz CT molecular complexity index is 350. The molecule has 1 amide bonds. The van der Waals surface area contributed by atoms with Crippen LogP contribution >= 0.6 is 0 Å². The fourth-order valence-corrected chi connectivity index (χ4v) is 2.14. The molecule has 6 heteroatoms. The van der Waals surface area contributed by atoms with E-state index in [-0.39, 0.29) is 12.5 Å². The molecule has 6 nitrogen and oxygen atoms in total. The zero-order chi connectivity index (χ0) is 14.1. The van der Waals surface area contributed by atoms with Crippen molar-refractivity contribution in [2.45, 2.75) is 45.3 Å². The minimum atomic E-state index is -1.37. The van der Waals surface area contributed by atoms with Gasteiger partial charge in [-0.1, -0.05) is 6.92 Å². The molecule has 1 aliphatic heterocycles. The normalized spacial score (nSPS) is 28.3. The quantitative estimate of drug-likeness (QED) is 0.772. The molecule has 0 bridgehead atoms. The third kappa shape index (κ3) is 2.93. The van der Waals surface area contributed by atoms with Crippen molar-refractivity contribution in [2.75, 3.05) is 13.1 Å².